The Hall–Kier alpha value is -3.92. The van der Waals surface area contributed by atoms with E-state index in [1.54, 1.807) is 12.3 Å². The van der Waals surface area contributed by atoms with Crippen molar-refractivity contribution in [2.75, 3.05) is 79.2 Å². The zero-order valence-corrected chi connectivity index (χ0v) is 31.8. The summed E-state index contributed by atoms with van der Waals surface area (Å²) >= 11 is 0. The molecule has 2 aromatic heterocycles. The van der Waals surface area contributed by atoms with Gasteiger partial charge in [0.15, 0.2) is 9.84 Å². The largest absolute Gasteiger partial charge is 0.381 e. The number of pyridine rings is 1. The molecule has 0 spiro atoms. The van der Waals surface area contributed by atoms with E-state index in [-0.39, 0.29) is 36.1 Å². The molecule has 2 N–H and O–H groups in total. The van der Waals surface area contributed by atoms with E-state index < -0.39 is 27.4 Å². The highest BCUT2D eigenvalue weighted by molar-refractivity contribution is 7.92. The molecule has 3 unspecified atom stereocenters. The Balaban J connectivity index is 1.19. The Labute approximate surface area is 311 Å². The van der Waals surface area contributed by atoms with Gasteiger partial charge in [-0.05, 0) is 67.3 Å². The standard InChI is InChI=1S/C38H51FN8O5S/c1-6-36(48)42-30-18-31(47-20-28(24(47)4)33-22-45(13-16-53(33,49)50)25-9-14-52-15-10-25)27-19-41-35(17-26(27)37(30)23(2)3)43-34-7-11-40-38(44-34)46-12-8-32(51-5)29(39)21-46/h6-7,11,17-19,23-25,28-29,32-33H,1,8-10,12-16,20-22H2,2-5H3,(H,42,48)(H,40,41,43,44)/t24?,28?,29-,32+,33?/m0/s1. The minimum absolute atomic E-state index is 0.0290. The SMILES string of the molecule is C=CC(=O)Nc1cc(N2CC(C3CN(C4CCOCC4)CCS3(=O)=O)C2C)c2cnc(Nc3ccnc(N4CC[C@@H](OC)[C@@H](F)C4)n3)cc2c1C(C)C. The zero-order chi connectivity index (χ0) is 37.4. The van der Waals surface area contributed by atoms with Crippen LogP contribution in [-0.4, -0.2) is 123 Å². The van der Waals surface area contributed by atoms with E-state index in [9.17, 15) is 17.6 Å². The number of piperidine rings is 1. The number of rotatable bonds is 10. The van der Waals surface area contributed by atoms with E-state index >= 15 is 0 Å². The number of hydrogen-bond donors (Lipinski definition) is 2. The molecule has 4 saturated heterocycles. The van der Waals surface area contributed by atoms with Crippen LogP contribution in [0.1, 0.15) is 51.5 Å². The fourth-order valence-corrected chi connectivity index (χ4v) is 10.6. The normalized spacial score (nSPS) is 26.7. The van der Waals surface area contributed by atoms with E-state index in [2.05, 4.69) is 57.8 Å². The predicted octanol–water partition coefficient (Wildman–Crippen LogP) is 4.68. The zero-order valence-electron chi connectivity index (χ0n) is 31.0. The minimum atomic E-state index is -3.26. The molecule has 15 heteroatoms. The molecule has 1 amide bonds. The molecule has 0 radical (unpaired) electrons. The van der Waals surface area contributed by atoms with Crippen molar-refractivity contribution >= 4 is 55.5 Å². The molecular weight excluding hydrogens is 700 g/mol. The van der Waals surface area contributed by atoms with Crippen LogP contribution in [0, 0.1) is 5.92 Å². The summed E-state index contributed by atoms with van der Waals surface area (Å²) in [6.07, 6.45) is 5.55. The van der Waals surface area contributed by atoms with Crippen molar-refractivity contribution < 1.29 is 27.1 Å². The number of aromatic nitrogens is 3. The number of nitrogens with one attached hydrogen (secondary N) is 2. The molecule has 1 aromatic carbocycles. The maximum Gasteiger partial charge on any atom is 0.247 e. The lowest BCUT2D eigenvalue weighted by Crippen LogP contribution is -2.65. The number of amides is 1. The molecule has 286 valence electrons. The Morgan fingerprint density at radius 1 is 1.09 bits per heavy atom. The van der Waals surface area contributed by atoms with Crippen LogP contribution < -0.4 is 20.4 Å². The lowest BCUT2D eigenvalue weighted by Gasteiger charge is -2.53. The van der Waals surface area contributed by atoms with Crippen LogP contribution in [0.15, 0.2) is 43.2 Å². The maximum atomic E-state index is 14.7. The van der Waals surface area contributed by atoms with E-state index in [1.165, 1.54) is 13.2 Å². The van der Waals surface area contributed by atoms with Crippen molar-refractivity contribution in [2.45, 2.75) is 75.6 Å². The molecule has 0 aliphatic carbocycles. The fraction of sp³-hybridized carbons (Fsp3) is 0.579. The van der Waals surface area contributed by atoms with Crippen molar-refractivity contribution in [3.8, 4) is 0 Å². The highest BCUT2D eigenvalue weighted by Crippen LogP contribution is 2.45. The third-order valence-electron chi connectivity index (χ3n) is 11.6. The van der Waals surface area contributed by atoms with Crippen molar-refractivity contribution in [3.05, 3.63) is 48.8 Å². The van der Waals surface area contributed by atoms with Gasteiger partial charge in [0.1, 0.15) is 17.8 Å². The molecule has 6 heterocycles. The minimum Gasteiger partial charge on any atom is -0.381 e. The van der Waals surface area contributed by atoms with Crippen molar-refractivity contribution in [1.82, 2.24) is 19.9 Å². The smallest absolute Gasteiger partial charge is 0.247 e. The van der Waals surface area contributed by atoms with Gasteiger partial charge in [0.05, 0.1) is 23.7 Å². The summed E-state index contributed by atoms with van der Waals surface area (Å²) in [7, 11) is -1.73. The number of fused-ring (bicyclic) bond motifs is 1. The van der Waals surface area contributed by atoms with Crippen molar-refractivity contribution in [2.24, 2.45) is 5.92 Å². The number of carbonyl (C=O) groups excluding carboxylic acids is 1. The van der Waals surface area contributed by atoms with Gasteiger partial charge in [-0.3, -0.25) is 9.69 Å². The number of nitrogens with zero attached hydrogens (tertiary/aromatic N) is 6. The summed E-state index contributed by atoms with van der Waals surface area (Å²) in [5, 5.41) is 7.71. The van der Waals surface area contributed by atoms with Gasteiger partial charge in [-0.1, -0.05) is 20.4 Å². The van der Waals surface area contributed by atoms with Gasteiger partial charge in [-0.2, -0.15) is 4.98 Å². The van der Waals surface area contributed by atoms with Gasteiger partial charge in [-0.15, -0.1) is 0 Å². The number of anilines is 5. The third kappa shape index (κ3) is 7.58. The number of benzene rings is 1. The van der Waals surface area contributed by atoms with Crippen molar-refractivity contribution in [3.63, 3.8) is 0 Å². The van der Waals surface area contributed by atoms with Crippen molar-refractivity contribution in [1.29, 1.82) is 0 Å². The van der Waals surface area contributed by atoms with E-state index in [4.69, 9.17) is 14.5 Å². The average Bonchev–Trinajstić information content (AvgIpc) is 3.15. The summed E-state index contributed by atoms with van der Waals surface area (Å²) in [4.78, 5) is 33.1. The van der Waals surface area contributed by atoms with E-state index in [0.717, 1.165) is 48.1 Å². The first-order valence-electron chi connectivity index (χ1n) is 18.7. The monoisotopic (exact) mass is 750 g/mol. The first-order chi connectivity index (χ1) is 25.5. The molecular formula is C38H51FN8O5S. The first-order valence-corrected chi connectivity index (χ1v) is 20.4. The lowest BCUT2D eigenvalue weighted by atomic mass is 9.84. The van der Waals surface area contributed by atoms with Crippen LogP contribution in [0.25, 0.3) is 10.8 Å². The average molecular weight is 751 g/mol. The summed E-state index contributed by atoms with van der Waals surface area (Å²) in [6.45, 7) is 13.8. The summed E-state index contributed by atoms with van der Waals surface area (Å²) in [5.41, 5.74) is 2.49. The lowest BCUT2D eigenvalue weighted by molar-refractivity contribution is -0.111. The molecule has 53 heavy (non-hydrogen) atoms. The Morgan fingerprint density at radius 2 is 1.89 bits per heavy atom. The number of carbonyl (C=O) groups is 1. The number of hydrogen-bond acceptors (Lipinski definition) is 12. The Bertz CT molecular complexity index is 1940. The van der Waals surface area contributed by atoms with Crippen LogP contribution in [0.3, 0.4) is 0 Å². The summed E-state index contributed by atoms with van der Waals surface area (Å²) in [6, 6.07) is 5.99. The van der Waals surface area contributed by atoms with Gasteiger partial charge in [0.25, 0.3) is 0 Å². The molecule has 0 saturated carbocycles. The van der Waals surface area contributed by atoms with Crippen LogP contribution in [0.2, 0.25) is 0 Å². The number of alkyl halides is 1. The molecule has 4 fully saturated rings. The topological polar surface area (TPSA) is 142 Å². The summed E-state index contributed by atoms with van der Waals surface area (Å²) < 4.78 is 52.6. The fourth-order valence-electron chi connectivity index (χ4n) is 8.57. The maximum absolute atomic E-state index is 14.7. The highest BCUT2D eigenvalue weighted by atomic mass is 32.2. The van der Waals surface area contributed by atoms with Gasteiger partial charge in [-0.25, -0.2) is 22.8 Å². The number of ether oxygens (including phenoxy) is 2. The van der Waals surface area contributed by atoms with Crippen LogP contribution >= 0.6 is 0 Å². The number of methoxy groups -OCH3 is 1. The molecule has 4 aliphatic rings. The van der Waals surface area contributed by atoms with Gasteiger partial charge < -0.3 is 29.9 Å². The van der Waals surface area contributed by atoms with Crippen LogP contribution in [0.5, 0.6) is 0 Å². The van der Waals surface area contributed by atoms with Gasteiger partial charge in [0.2, 0.25) is 11.9 Å². The van der Waals surface area contributed by atoms with E-state index in [0.29, 0.717) is 61.9 Å². The third-order valence-corrected chi connectivity index (χ3v) is 13.8. The van der Waals surface area contributed by atoms with E-state index in [1.807, 2.05) is 23.2 Å². The summed E-state index contributed by atoms with van der Waals surface area (Å²) in [5.74, 6) is 1.32. The number of sulfone groups is 1. The molecule has 7 rings (SSSR count). The Morgan fingerprint density at radius 3 is 2.58 bits per heavy atom. The second kappa shape index (κ2) is 15.4. The van der Waals surface area contributed by atoms with Gasteiger partial charge in [0, 0.05) is 93.7 Å². The number of halogens is 1. The second-order valence-electron chi connectivity index (χ2n) is 15.0. The molecule has 13 nitrogen and oxygen atoms in total. The second-order valence-corrected chi connectivity index (χ2v) is 17.4. The predicted molar refractivity (Wildman–Crippen MR) is 206 cm³/mol. The Kier molecular flexibility index (Phi) is 10.9. The van der Waals surface area contributed by atoms with Gasteiger partial charge >= 0.3 is 0 Å². The quantitative estimate of drug-likeness (QED) is 0.278. The highest BCUT2D eigenvalue weighted by Gasteiger charge is 2.49. The molecule has 3 aromatic rings. The van der Waals surface area contributed by atoms with Crippen LogP contribution in [-0.2, 0) is 24.1 Å². The molecule has 4 aliphatic heterocycles. The molecule has 5 atom stereocenters. The first kappa shape index (κ1) is 37.4. The van der Waals surface area contributed by atoms with Crippen LogP contribution in [0.4, 0.5) is 33.3 Å². The molecule has 0 bridgehead atoms.